The molecule has 0 aliphatic carbocycles. The molecule has 0 saturated heterocycles. The minimum Gasteiger partial charge on any atom is -0.451 e. The molecular formula is C19H16N2O3. The number of carbonyl (C=O) groups excluding carboxylic acids is 2. The predicted molar refractivity (Wildman–Crippen MR) is 91.8 cm³/mol. The first kappa shape index (κ1) is 15.7. The van der Waals surface area contributed by atoms with Gasteiger partial charge in [-0.2, -0.15) is 0 Å². The molecule has 0 aliphatic rings. The van der Waals surface area contributed by atoms with Crippen LogP contribution >= 0.6 is 0 Å². The zero-order valence-electron chi connectivity index (χ0n) is 13.2. The number of aryl methyl sites for hydroxylation is 1. The van der Waals surface area contributed by atoms with Gasteiger partial charge in [-0.15, -0.1) is 0 Å². The molecular weight excluding hydrogens is 304 g/mol. The lowest BCUT2D eigenvalue weighted by atomic mass is 10.2. The number of pyridine rings is 1. The van der Waals surface area contributed by atoms with Gasteiger partial charge in [-0.05, 0) is 31.2 Å². The van der Waals surface area contributed by atoms with E-state index in [2.05, 4.69) is 10.3 Å². The minimum absolute atomic E-state index is 0.178. The third-order valence-electron chi connectivity index (χ3n) is 3.48. The summed E-state index contributed by atoms with van der Waals surface area (Å²) in [6, 6.07) is 18.2. The lowest BCUT2D eigenvalue weighted by Gasteiger charge is -2.07. The van der Waals surface area contributed by atoms with Gasteiger partial charge in [0.2, 0.25) is 0 Å². The zero-order valence-corrected chi connectivity index (χ0v) is 13.2. The highest BCUT2D eigenvalue weighted by Crippen LogP contribution is 2.12. The maximum absolute atomic E-state index is 12.0. The third-order valence-corrected chi connectivity index (χ3v) is 3.48. The van der Waals surface area contributed by atoms with Gasteiger partial charge in [0.25, 0.3) is 5.91 Å². The third kappa shape index (κ3) is 3.76. The molecule has 0 atom stereocenters. The van der Waals surface area contributed by atoms with Crippen LogP contribution in [0.1, 0.15) is 16.1 Å². The Morgan fingerprint density at radius 3 is 2.54 bits per heavy atom. The monoisotopic (exact) mass is 320 g/mol. The minimum atomic E-state index is -0.625. The number of nitrogens with one attached hydrogen (secondary N) is 1. The van der Waals surface area contributed by atoms with E-state index < -0.39 is 11.9 Å². The highest BCUT2D eigenvalue weighted by molar-refractivity contribution is 5.95. The Balaban J connectivity index is 1.59. The number of aromatic nitrogens is 1. The Kier molecular flexibility index (Phi) is 4.52. The molecule has 0 fully saturated rings. The molecule has 5 nitrogen and oxygen atoms in total. The van der Waals surface area contributed by atoms with Gasteiger partial charge in [-0.3, -0.25) is 4.79 Å². The van der Waals surface area contributed by atoms with E-state index in [1.807, 2.05) is 43.3 Å². The van der Waals surface area contributed by atoms with Crippen LogP contribution in [0.25, 0.3) is 10.9 Å². The fourth-order valence-electron chi connectivity index (χ4n) is 2.22. The Morgan fingerprint density at radius 1 is 1.00 bits per heavy atom. The fourth-order valence-corrected chi connectivity index (χ4v) is 2.22. The quantitative estimate of drug-likeness (QED) is 0.749. The van der Waals surface area contributed by atoms with Crippen molar-refractivity contribution in [1.29, 1.82) is 0 Å². The molecule has 1 amide bonds. The molecule has 3 aromatic rings. The molecule has 0 spiro atoms. The number of amides is 1. The van der Waals surface area contributed by atoms with Crippen molar-refractivity contribution in [2.75, 3.05) is 11.9 Å². The maximum Gasteiger partial charge on any atom is 0.357 e. The van der Waals surface area contributed by atoms with E-state index in [0.717, 1.165) is 10.9 Å². The van der Waals surface area contributed by atoms with Crippen LogP contribution < -0.4 is 5.32 Å². The molecule has 3 rings (SSSR count). The molecule has 0 bridgehead atoms. The maximum atomic E-state index is 12.0. The van der Waals surface area contributed by atoms with Crippen LogP contribution in [0, 0.1) is 6.92 Å². The van der Waals surface area contributed by atoms with Crippen LogP contribution in [0.4, 0.5) is 5.69 Å². The molecule has 1 N–H and O–H groups in total. The Labute approximate surface area is 139 Å². The highest BCUT2D eigenvalue weighted by Gasteiger charge is 2.12. The summed E-state index contributed by atoms with van der Waals surface area (Å²) in [5, 5.41) is 3.61. The van der Waals surface area contributed by atoms with E-state index >= 15 is 0 Å². The van der Waals surface area contributed by atoms with Crippen LogP contribution in [0.15, 0.2) is 60.7 Å². The molecule has 0 saturated carbocycles. The van der Waals surface area contributed by atoms with Gasteiger partial charge in [0.05, 0.1) is 5.52 Å². The topological polar surface area (TPSA) is 68.3 Å². The number of hydrogen-bond donors (Lipinski definition) is 1. The number of fused-ring (bicyclic) bond motifs is 1. The van der Waals surface area contributed by atoms with E-state index in [1.165, 1.54) is 0 Å². The first-order valence-electron chi connectivity index (χ1n) is 7.51. The van der Waals surface area contributed by atoms with Crippen LogP contribution in [0.3, 0.4) is 0 Å². The lowest BCUT2D eigenvalue weighted by molar-refractivity contribution is -0.119. The first-order chi connectivity index (χ1) is 11.6. The van der Waals surface area contributed by atoms with Crippen molar-refractivity contribution in [3.8, 4) is 0 Å². The molecule has 5 heteroatoms. The van der Waals surface area contributed by atoms with Crippen molar-refractivity contribution in [2.45, 2.75) is 6.92 Å². The number of rotatable bonds is 4. The van der Waals surface area contributed by atoms with Gasteiger partial charge in [-0.1, -0.05) is 42.0 Å². The number of para-hydroxylation sites is 1. The molecule has 0 radical (unpaired) electrons. The standard InChI is InChI=1S/C19H16N2O3/c1-13-6-9-15(10-7-13)20-18(22)12-24-19(23)17-11-8-14-4-2-3-5-16(14)21-17/h2-11H,12H2,1H3,(H,20,22). The van der Waals surface area contributed by atoms with Crippen LogP contribution in [0.5, 0.6) is 0 Å². The van der Waals surface area contributed by atoms with E-state index in [0.29, 0.717) is 11.2 Å². The summed E-state index contributed by atoms with van der Waals surface area (Å²) in [5.41, 5.74) is 2.64. The van der Waals surface area contributed by atoms with Crippen LogP contribution in [-0.4, -0.2) is 23.5 Å². The SMILES string of the molecule is Cc1ccc(NC(=O)COC(=O)c2ccc3ccccc3n2)cc1. The average molecular weight is 320 g/mol. The second kappa shape index (κ2) is 6.91. The van der Waals surface area contributed by atoms with Crippen LogP contribution in [-0.2, 0) is 9.53 Å². The molecule has 2 aromatic carbocycles. The van der Waals surface area contributed by atoms with Crippen molar-refractivity contribution in [3.05, 3.63) is 71.9 Å². The van der Waals surface area contributed by atoms with Gasteiger partial charge in [0, 0.05) is 11.1 Å². The number of benzene rings is 2. The lowest BCUT2D eigenvalue weighted by Crippen LogP contribution is -2.21. The van der Waals surface area contributed by atoms with E-state index in [4.69, 9.17) is 4.74 Å². The zero-order chi connectivity index (χ0) is 16.9. The number of anilines is 1. The predicted octanol–water partition coefficient (Wildman–Crippen LogP) is 3.34. The number of ether oxygens (including phenoxy) is 1. The Hall–Kier alpha value is -3.21. The van der Waals surface area contributed by atoms with Gasteiger partial charge in [0.15, 0.2) is 6.61 Å². The first-order valence-corrected chi connectivity index (χ1v) is 7.51. The van der Waals surface area contributed by atoms with Gasteiger partial charge >= 0.3 is 5.97 Å². The number of nitrogens with zero attached hydrogens (tertiary/aromatic N) is 1. The normalized spacial score (nSPS) is 10.4. The largest absolute Gasteiger partial charge is 0.451 e. The van der Waals surface area contributed by atoms with Gasteiger partial charge < -0.3 is 10.1 Å². The average Bonchev–Trinajstić information content (AvgIpc) is 2.61. The van der Waals surface area contributed by atoms with Crippen molar-refractivity contribution >= 4 is 28.5 Å². The number of esters is 1. The molecule has 0 unspecified atom stereocenters. The summed E-state index contributed by atoms with van der Waals surface area (Å²) in [7, 11) is 0. The summed E-state index contributed by atoms with van der Waals surface area (Å²) in [6.45, 7) is 1.60. The van der Waals surface area contributed by atoms with Crippen molar-refractivity contribution in [3.63, 3.8) is 0 Å². The molecule has 0 aliphatic heterocycles. The van der Waals surface area contributed by atoms with Crippen molar-refractivity contribution in [2.24, 2.45) is 0 Å². The number of hydrogen-bond acceptors (Lipinski definition) is 4. The van der Waals surface area contributed by atoms with Crippen LogP contribution in [0.2, 0.25) is 0 Å². The van der Waals surface area contributed by atoms with E-state index in [-0.39, 0.29) is 12.3 Å². The summed E-state index contributed by atoms with van der Waals surface area (Å²) in [4.78, 5) is 28.1. The Bertz CT molecular complexity index is 889. The molecule has 120 valence electrons. The summed E-state index contributed by atoms with van der Waals surface area (Å²) in [5.74, 6) is -1.02. The smallest absolute Gasteiger partial charge is 0.357 e. The fraction of sp³-hybridized carbons (Fsp3) is 0.105. The van der Waals surface area contributed by atoms with Crippen molar-refractivity contribution < 1.29 is 14.3 Å². The van der Waals surface area contributed by atoms with Gasteiger partial charge in [-0.25, -0.2) is 9.78 Å². The van der Waals surface area contributed by atoms with E-state index in [1.54, 1.807) is 24.3 Å². The molecule has 1 aromatic heterocycles. The molecule has 24 heavy (non-hydrogen) atoms. The Morgan fingerprint density at radius 2 is 1.75 bits per heavy atom. The van der Waals surface area contributed by atoms with Crippen molar-refractivity contribution in [1.82, 2.24) is 4.98 Å². The molecule has 1 heterocycles. The van der Waals surface area contributed by atoms with Gasteiger partial charge in [0.1, 0.15) is 5.69 Å². The second-order valence-electron chi connectivity index (χ2n) is 5.38. The highest BCUT2D eigenvalue weighted by atomic mass is 16.5. The summed E-state index contributed by atoms with van der Waals surface area (Å²) >= 11 is 0. The number of carbonyl (C=O) groups is 2. The van der Waals surface area contributed by atoms with E-state index in [9.17, 15) is 9.59 Å². The summed E-state index contributed by atoms with van der Waals surface area (Å²) in [6.07, 6.45) is 0. The second-order valence-corrected chi connectivity index (χ2v) is 5.38. The summed E-state index contributed by atoms with van der Waals surface area (Å²) < 4.78 is 5.02.